The second-order valence-corrected chi connectivity index (χ2v) is 4.63. The maximum atomic E-state index is 11.5. The molecule has 0 rings (SSSR count). The summed E-state index contributed by atoms with van der Waals surface area (Å²) in [6.07, 6.45) is 0.719. The maximum absolute atomic E-state index is 11.5. The first-order valence-electron chi connectivity index (χ1n) is 5.59. The summed E-state index contributed by atoms with van der Waals surface area (Å²) in [5.41, 5.74) is 5.40. The zero-order chi connectivity index (χ0) is 12.7. The largest absolute Gasteiger partial charge is 0.480 e. The third-order valence-electron chi connectivity index (χ3n) is 2.28. The van der Waals surface area contributed by atoms with Crippen LogP contribution in [0.2, 0.25) is 0 Å². The monoisotopic (exact) mass is 230 g/mol. The molecule has 0 fully saturated rings. The highest BCUT2D eigenvalue weighted by Crippen LogP contribution is 2.06. The number of carbonyl (C=O) groups excluding carboxylic acids is 1. The number of carbonyl (C=O) groups is 2. The summed E-state index contributed by atoms with van der Waals surface area (Å²) in [6, 6.07) is -0.794. The first-order chi connectivity index (χ1) is 7.36. The predicted octanol–water partition coefficient (Wildman–Crippen LogP) is 0.587. The summed E-state index contributed by atoms with van der Waals surface area (Å²) in [5, 5.41) is 11.4. The smallest absolute Gasteiger partial charge is 0.326 e. The van der Waals surface area contributed by atoms with Gasteiger partial charge in [-0.2, -0.15) is 0 Å². The van der Waals surface area contributed by atoms with Crippen LogP contribution in [-0.4, -0.2) is 29.6 Å². The third-order valence-corrected chi connectivity index (χ3v) is 2.28. The molecule has 0 aliphatic carbocycles. The second kappa shape index (κ2) is 7.22. The SMILES string of the molecule is CC(C)C[C@H](NC(=O)CC(C)CN)C(=O)O. The summed E-state index contributed by atoms with van der Waals surface area (Å²) < 4.78 is 0. The molecular weight excluding hydrogens is 208 g/mol. The number of amides is 1. The highest BCUT2D eigenvalue weighted by Gasteiger charge is 2.21. The fourth-order valence-corrected chi connectivity index (χ4v) is 1.35. The van der Waals surface area contributed by atoms with Crippen molar-refractivity contribution in [3.63, 3.8) is 0 Å². The Balaban J connectivity index is 4.18. The van der Waals surface area contributed by atoms with E-state index in [-0.39, 0.29) is 24.2 Å². The summed E-state index contributed by atoms with van der Waals surface area (Å²) in [4.78, 5) is 22.4. The van der Waals surface area contributed by atoms with Gasteiger partial charge in [0.2, 0.25) is 5.91 Å². The number of nitrogens with two attached hydrogens (primary N) is 1. The number of nitrogens with one attached hydrogen (secondary N) is 1. The molecule has 0 aromatic heterocycles. The first kappa shape index (κ1) is 14.9. The first-order valence-corrected chi connectivity index (χ1v) is 5.59. The molecule has 0 saturated heterocycles. The maximum Gasteiger partial charge on any atom is 0.326 e. The third kappa shape index (κ3) is 6.40. The molecule has 0 saturated carbocycles. The Hall–Kier alpha value is -1.10. The van der Waals surface area contributed by atoms with E-state index in [0.717, 1.165) is 0 Å². The van der Waals surface area contributed by atoms with Crippen molar-refractivity contribution in [2.45, 2.75) is 39.7 Å². The van der Waals surface area contributed by atoms with Gasteiger partial charge >= 0.3 is 5.97 Å². The normalized spacial score (nSPS) is 14.6. The zero-order valence-corrected chi connectivity index (χ0v) is 10.2. The van der Waals surface area contributed by atoms with E-state index >= 15 is 0 Å². The van der Waals surface area contributed by atoms with Crippen molar-refractivity contribution in [3.8, 4) is 0 Å². The van der Waals surface area contributed by atoms with Crippen LogP contribution in [0.1, 0.15) is 33.6 Å². The van der Waals surface area contributed by atoms with Crippen LogP contribution in [0, 0.1) is 11.8 Å². The molecule has 0 aliphatic rings. The quantitative estimate of drug-likeness (QED) is 0.596. The van der Waals surface area contributed by atoms with E-state index in [1.807, 2.05) is 20.8 Å². The summed E-state index contributed by atoms with van der Waals surface area (Å²) in [6.45, 7) is 6.13. The van der Waals surface area contributed by atoms with Crippen LogP contribution in [-0.2, 0) is 9.59 Å². The molecule has 2 atom stereocenters. The fraction of sp³-hybridized carbons (Fsp3) is 0.818. The van der Waals surface area contributed by atoms with Gasteiger partial charge in [-0.15, -0.1) is 0 Å². The minimum Gasteiger partial charge on any atom is -0.480 e. The topological polar surface area (TPSA) is 92.4 Å². The van der Waals surface area contributed by atoms with Gasteiger partial charge in [-0.05, 0) is 24.8 Å². The van der Waals surface area contributed by atoms with E-state index in [1.165, 1.54) is 0 Å². The highest BCUT2D eigenvalue weighted by atomic mass is 16.4. The van der Waals surface area contributed by atoms with Gasteiger partial charge in [0, 0.05) is 6.42 Å². The van der Waals surface area contributed by atoms with Crippen LogP contribution < -0.4 is 11.1 Å². The lowest BCUT2D eigenvalue weighted by Crippen LogP contribution is -2.42. The van der Waals surface area contributed by atoms with Crippen molar-refractivity contribution in [1.29, 1.82) is 0 Å². The number of hydrogen-bond donors (Lipinski definition) is 3. The Morgan fingerprint density at radius 3 is 2.25 bits per heavy atom. The average Bonchev–Trinajstić information content (AvgIpc) is 2.15. The number of rotatable bonds is 7. The molecule has 1 unspecified atom stereocenters. The number of aliphatic carboxylic acids is 1. The van der Waals surface area contributed by atoms with Crippen LogP contribution in [0.4, 0.5) is 0 Å². The zero-order valence-electron chi connectivity index (χ0n) is 10.2. The van der Waals surface area contributed by atoms with Gasteiger partial charge in [0.15, 0.2) is 0 Å². The Bertz CT molecular complexity index is 241. The van der Waals surface area contributed by atoms with Crippen molar-refractivity contribution in [1.82, 2.24) is 5.32 Å². The van der Waals surface area contributed by atoms with E-state index in [4.69, 9.17) is 10.8 Å². The number of carboxylic acid groups (broad SMARTS) is 1. The standard InChI is InChI=1S/C11H22N2O3/c1-7(2)4-9(11(15)16)13-10(14)5-8(3)6-12/h7-9H,4-6,12H2,1-3H3,(H,13,14)(H,15,16)/t8?,9-/m0/s1. The van der Waals surface area contributed by atoms with Gasteiger partial charge in [-0.1, -0.05) is 20.8 Å². The molecule has 0 aliphatic heterocycles. The Labute approximate surface area is 96.4 Å². The lowest BCUT2D eigenvalue weighted by molar-refractivity contribution is -0.142. The molecule has 0 heterocycles. The molecular formula is C11H22N2O3. The summed E-state index contributed by atoms with van der Waals surface area (Å²) in [7, 11) is 0. The van der Waals surface area contributed by atoms with Crippen LogP contribution in [0.15, 0.2) is 0 Å². The van der Waals surface area contributed by atoms with Crippen LogP contribution in [0.5, 0.6) is 0 Å². The van der Waals surface area contributed by atoms with E-state index < -0.39 is 12.0 Å². The van der Waals surface area contributed by atoms with Gasteiger partial charge in [0.05, 0.1) is 0 Å². The van der Waals surface area contributed by atoms with Crippen LogP contribution >= 0.6 is 0 Å². The number of hydrogen-bond acceptors (Lipinski definition) is 3. The Morgan fingerprint density at radius 1 is 1.31 bits per heavy atom. The molecule has 5 nitrogen and oxygen atoms in total. The lowest BCUT2D eigenvalue weighted by Gasteiger charge is -2.17. The van der Waals surface area contributed by atoms with Crippen molar-refractivity contribution < 1.29 is 14.7 Å². The molecule has 5 heteroatoms. The van der Waals surface area contributed by atoms with E-state index in [0.29, 0.717) is 13.0 Å². The molecule has 0 bridgehead atoms. The van der Waals surface area contributed by atoms with E-state index in [1.54, 1.807) is 0 Å². The molecule has 0 aromatic carbocycles. The molecule has 1 amide bonds. The van der Waals surface area contributed by atoms with Gasteiger partial charge in [0.1, 0.15) is 6.04 Å². The number of carboxylic acids is 1. The summed E-state index contributed by atoms with van der Waals surface area (Å²) in [5.74, 6) is -0.921. The molecule has 4 N–H and O–H groups in total. The van der Waals surface area contributed by atoms with Crippen molar-refractivity contribution >= 4 is 11.9 Å². The van der Waals surface area contributed by atoms with Gasteiger partial charge < -0.3 is 16.2 Å². The van der Waals surface area contributed by atoms with Crippen molar-refractivity contribution in [3.05, 3.63) is 0 Å². The molecule has 0 radical (unpaired) electrons. The average molecular weight is 230 g/mol. The molecule has 0 spiro atoms. The van der Waals surface area contributed by atoms with Gasteiger partial charge in [-0.3, -0.25) is 4.79 Å². The van der Waals surface area contributed by atoms with Gasteiger partial charge in [0.25, 0.3) is 0 Å². The summed E-state index contributed by atoms with van der Waals surface area (Å²) >= 11 is 0. The lowest BCUT2D eigenvalue weighted by atomic mass is 10.0. The molecule has 0 aromatic rings. The fourth-order valence-electron chi connectivity index (χ4n) is 1.35. The molecule has 94 valence electrons. The van der Waals surface area contributed by atoms with Crippen LogP contribution in [0.3, 0.4) is 0 Å². The van der Waals surface area contributed by atoms with E-state index in [2.05, 4.69) is 5.32 Å². The minimum atomic E-state index is -0.984. The van der Waals surface area contributed by atoms with E-state index in [9.17, 15) is 9.59 Å². The van der Waals surface area contributed by atoms with Crippen molar-refractivity contribution in [2.24, 2.45) is 17.6 Å². The predicted molar refractivity (Wildman–Crippen MR) is 61.9 cm³/mol. The molecule has 16 heavy (non-hydrogen) atoms. The Morgan fingerprint density at radius 2 is 1.88 bits per heavy atom. The minimum absolute atomic E-state index is 0.0773. The van der Waals surface area contributed by atoms with Crippen molar-refractivity contribution in [2.75, 3.05) is 6.54 Å². The highest BCUT2D eigenvalue weighted by molar-refractivity contribution is 5.83. The van der Waals surface area contributed by atoms with Gasteiger partial charge in [-0.25, -0.2) is 4.79 Å². The van der Waals surface area contributed by atoms with Crippen LogP contribution in [0.25, 0.3) is 0 Å². The second-order valence-electron chi connectivity index (χ2n) is 4.63. The Kier molecular flexibility index (Phi) is 6.72.